The molecule has 20 heavy (non-hydrogen) atoms. The number of aliphatic hydroxyl groups excluding tert-OH is 1. The van der Waals surface area contributed by atoms with Gasteiger partial charge in [0.15, 0.2) is 0 Å². The fourth-order valence-corrected chi connectivity index (χ4v) is 4.17. The third-order valence-electron chi connectivity index (χ3n) is 3.27. The largest absolute Gasteiger partial charge is 0.396 e. The minimum atomic E-state index is -3.72. The van der Waals surface area contributed by atoms with Gasteiger partial charge in [-0.1, -0.05) is 29.3 Å². The van der Waals surface area contributed by atoms with Crippen LogP contribution in [0.25, 0.3) is 0 Å². The van der Waals surface area contributed by atoms with Crippen LogP contribution in [0.2, 0.25) is 10.0 Å². The highest BCUT2D eigenvalue weighted by Crippen LogP contribution is 2.31. The van der Waals surface area contributed by atoms with Crippen molar-refractivity contribution in [2.45, 2.75) is 12.8 Å². The number of hydrogen-bond acceptors (Lipinski definition) is 3. The Morgan fingerprint density at radius 3 is 2.60 bits per heavy atom. The number of nitrogens with one attached hydrogen (secondary N) is 1. The average molecular weight is 339 g/mol. The molecule has 0 spiro atoms. The Bertz CT molecular complexity index is 560. The first-order valence-corrected chi connectivity index (χ1v) is 8.46. The summed E-state index contributed by atoms with van der Waals surface area (Å²) in [5.74, 6) is -0.0259. The maximum atomic E-state index is 12.3. The van der Waals surface area contributed by atoms with Crippen LogP contribution in [-0.4, -0.2) is 37.5 Å². The average Bonchev–Trinajstić information content (AvgIpc) is 2.43. The maximum absolute atomic E-state index is 12.3. The number of nitrogens with zero attached hydrogens (tertiary/aromatic N) is 1. The van der Waals surface area contributed by atoms with Crippen LogP contribution in [-0.2, 0) is 10.2 Å². The van der Waals surface area contributed by atoms with Crippen molar-refractivity contribution in [3.8, 4) is 0 Å². The zero-order valence-corrected chi connectivity index (χ0v) is 13.0. The normalized spacial score (nSPS) is 20.9. The standard InChI is InChI=1S/C12H16Cl2N2O3S/c13-10-4-1-5-11(14)12(10)15-20(18,19)16-6-2-3-9(7-16)8-17/h1,4-5,9,15,17H,2-3,6-8H2. The third kappa shape index (κ3) is 3.56. The molecule has 1 saturated heterocycles. The summed E-state index contributed by atoms with van der Waals surface area (Å²) in [6.45, 7) is 0.709. The van der Waals surface area contributed by atoms with E-state index in [0.29, 0.717) is 13.1 Å². The van der Waals surface area contributed by atoms with Gasteiger partial charge >= 0.3 is 10.2 Å². The molecular weight excluding hydrogens is 323 g/mol. The van der Waals surface area contributed by atoms with Crippen LogP contribution >= 0.6 is 23.2 Å². The predicted molar refractivity (Wildman–Crippen MR) is 80.4 cm³/mol. The summed E-state index contributed by atoms with van der Waals surface area (Å²) in [4.78, 5) is 0. The Balaban J connectivity index is 2.19. The molecule has 0 radical (unpaired) electrons. The molecule has 0 bridgehead atoms. The summed E-state index contributed by atoms with van der Waals surface area (Å²) >= 11 is 11.9. The van der Waals surface area contributed by atoms with Crippen molar-refractivity contribution in [2.75, 3.05) is 24.4 Å². The summed E-state index contributed by atoms with van der Waals surface area (Å²) < 4.78 is 28.4. The molecular formula is C12H16Cl2N2O3S. The van der Waals surface area contributed by atoms with Gasteiger partial charge in [0.2, 0.25) is 0 Å². The smallest absolute Gasteiger partial charge is 0.301 e. The quantitative estimate of drug-likeness (QED) is 0.885. The number of aliphatic hydroxyl groups is 1. The molecule has 2 rings (SSSR count). The summed E-state index contributed by atoms with van der Waals surface area (Å²) in [5.41, 5.74) is 0.182. The van der Waals surface area contributed by atoms with E-state index < -0.39 is 10.2 Å². The van der Waals surface area contributed by atoms with E-state index in [-0.39, 0.29) is 28.3 Å². The molecule has 0 amide bonds. The van der Waals surface area contributed by atoms with Gasteiger partial charge in [0.1, 0.15) is 0 Å². The van der Waals surface area contributed by atoms with Crippen molar-refractivity contribution in [2.24, 2.45) is 5.92 Å². The van der Waals surface area contributed by atoms with Crippen LogP contribution in [0.3, 0.4) is 0 Å². The lowest BCUT2D eigenvalue weighted by molar-refractivity contribution is 0.166. The zero-order chi connectivity index (χ0) is 14.8. The lowest BCUT2D eigenvalue weighted by Crippen LogP contribution is -2.43. The molecule has 1 heterocycles. The Morgan fingerprint density at radius 2 is 2.00 bits per heavy atom. The Hall–Kier alpha value is -0.530. The number of hydrogen-bond donors (Lipinski definition) is 2. The lowest BCUT2D eigenvalue weighted by atomic mass is 10.0. The van der Waals surface area contributed by atoms with E-state index in [1.165, 1.54) is 4.31 Å². The Kier molecular flexibility index (Phi) is 5.14. The van der Waals surface area contributed by atoms with Gasteiger partial charge in [-0.2, -0.15) is 12.7 Å². The van der Waals surface area contributed by atoms with Crippen molar-refractivity contribution in [3.05, 3.63) is 28.2 Å². The van der Waals surface area contributed by atoms with Crippen LogP contribution in [0.15, 0.2) is 18.2 Å². The van der Waals surface area contributed by atoms with Gasteiger partial charge in [-0.15, -0.1) is 0 Å². The van der Waals surface area contributed by atoms with E-state index in [1.807, 2.05) is 0 Å². The second-order valence-corrected chi connectivity index (χ2v) is 7.24. The zero-order valence-electron chi connectivity index (χ0n) is 10.7. The number of anilines is 1. The van der Waals surface area contributed by atoms with E-state index in [2.05, 4.69) is 4.72 Å². The molecule has 1 aliphatic rings. The SMILES string of the molecule is O=S(=O)(Nc1c(Cl)cccc1Cl)N1CCCC(CO)C1. The van der Waals surface area contributed by atoms with Gasteiger partial charge in [-0.25, -0.2) is 0 Å². The highest BCUT2D eigenvalue weighted by atomic mass is 35.5. The van der Waals surface area contributed by atoms with Gasteiger partial charge < -0.3 is 5.11 Å². The molecule has 0 aromatic heterocycles. The molecule has 8 heteroatoms. The van der Waals surface area contributed by atoms with Crippen LogP contribution in [0, 0.1) is 5.92 Å². The molecule has 1 aromatic rings. The van der Waals surface area contributed by atoms with Crippen LogP contribution in [0.4, 0.5) is 5.69 Å². The summed E-state index contributed by atoms with van der Waals surface area (Å²) in [6, 6.07) is 4.78. The first-order valence-electron chi connectivity index (χ1n) is 6.27. The minimum absolute atomic E-state index is 0.0150. The highest BCUT2D eigenvalue weighted by molar-refractivity contribution is 7.90. The molecule has 0 saturated carbocycles. The molecule has 1 fully saturated rings. The lowest BCUT2D eigenvalue weighted by Gasteiger charge is -2.31. The number of halogens is 2. The third-order valence-corrected chi connectivity index (χ3v) is 5.38. The topological polar surface area (TPSA) is 69.6 Å². The van der Waals surface area contributed by atoms with Crippen molar-refractivity contribution in [1.82, 2.24) is 4.31 Å². The minimum Gasteiger partial charge on any atom is -0.396 e. The first-order chi connectivity index (χ1) is 9.44. The van der Waals surface area contributed by atoms with Crippen molar-refractivity contribution >= 4 is 39.1 Å². The van der Waals surface area contributed by atoms with Gasteiger partial charge in [0.05, 0.1) is 15.7 Å². The summed E-state index contributed by atoms with van der Waals surface area (Å²) in [7, 11) is -3.72. The number of rotatable bonds is 4. The highest BCUT2D eigenvalue weighted by Gasteiger charge is 2.29. The van der Waals surface area contributed by atoms with Crippen molar-refractivity contribution in [3.63, 3.8) is 0 Å². The van der Waals surface area contributed by atoms with Crippen LogP contribution < -0.4 is 4.72 Å². The Morgan fingerprint density at radius 1 is 1.35 bits per heavy atom. The molecule has 1 atom stereocenters. The van der Waals surface area contributed by atoms with Crippen molar-refractivity contribution in [1.29, 1.82) is 0 Å². The van der Waals surface area contributed by atoms with Gasteiger partial charge in [0, 0.05) is 19.7 Å². The van der Waals surface area contributed by atoms with Gasteiger partial charge in [-0.05, 0) is 30.9 Å². The van der Waals surface area contributed by atoms with E-state index >= 15 is 0 Å². The van der Waals surface area contributed by atoms with E-state index in [4.69, 9.17) is 28.3 Å². The summed E-state index contributed by atoms with van der Waals surface area (Å²) in [6.07, 6.45) is 1.55. The number of benzene rings is 1. The fraction of sp³-hybridized carbons (Fsp3) is 0.500. The summed E-state index contributed by atoms with van der Waals surface area (Å²) in [5, 5.41) is 9.66. The molecule has 0 aliphatic carbocycles. The Labute approximate surface area is 128 Å². The molecule has 5 nitrogen and oxygen atoms in total. The predicted octanol–water partition coefficient (Wildman–Crippen LogP) is 2.35. The molecule has 112 valence electrons. The second kappa shape index (κ2) is 6.49. The van der Waals surface area contributed by atoms with E-state index in [9.17, 15) is 8.42 Å². The van der Waals surface area contributed by atoms with E-state index in [1.54, 1.807) is 18.2 Å². The van der Waals surface area contributed by atoms with Gasteiger partial charge in [0.25, 0.3) is 0 Å². The van der Waals surface area contributed by atoms with Crippen molar-refractivity contribution < 1.29 is 13.5 Å². The van der Waals surface area contributed by atoms with Crippen LogP contribution in [0.5, 0.6) is 0 Å². The number of piperidine rings is 1. The first kappa shape index (κ1) is 15.9. The monoisotopic (exact) mass is 338 g/mol. The van der Waals surface area contributed by atoms with Crippen LogP contribution in [0.1, 0.15) is 12.8 Å². The molecule has 1 aliphatic heterocycles. The molecule has 1 aromatic carbocycles. The number of para-hydroxylation sites is 1. The maximum Gasteiger partial charge on any atom is 0.301 e. The fourth-order valence-electron chi connectivity index (χ4n) is 2.18. The van der Waals surface area contributed by atoms with E-state index in [0.717, 1.165) is 12.8 Å². The van der Waals surface area contributed by atoms with Gasteiger partial charge in [-0.3, -0.25) is 4.72 Å². The molecule has 1 unspecified atom stereocenters. The second-order valence-electron chi connectivity index (χ2n) is 4.75. The molecule has 2 N–H and O–H groups in total.